The van der Waals surface area contributed by atoms with Crippen molar-refractivity contribution in [2.24, 2.45) is 0 Å². The molecule has 246 valence electrons. The molecule has 2 atom stereocenters. The van der Waals surface area contributed by atoms with E-state index >= 15 is 0 Å². The SMILES string of the molecule is CN1CCc2sc(NC(=O)c3ccc(Oc4ccnc5[nH]nc(N[C@@H]6CCC(OC(=O)/C=C/CN(C)C7CC7)NC6)c45)cc3)nc2C1. The topological polar surface area (TPSA) is 150 Å². The highest BCUT2D eigenvalue weighted by atomic mass is 32.1. The second-order valence-electron chi connectivity index (χ2n) is 12.4. The van der Waals surface area contributed by atoms with Crippen molar-refractivity contribution in [3.05, 3.63) is 64.8 Å². The number of amides is 1. The Bertz CT molecular complexity index is 1760. The lowest BCUT2D eigenvalue weighted by atomic mass is 10.1. The van der Waals surface area contributed by atoms with E-state index in [0.29, 0.717) is 52.7 Å². The van der Waals surface area contributed by atoms with E-state index in [2.05, 4.69) is 60.0 Å². The smallest absolute Gasteiger partial charge is 0.332 e. The van der Waals surface area contributed by atoms with E-state index in [1.165, 1.54) is 23.8 Å². The van der Waals surface area contributed by atoms with Crippen molar-refractivity contribution in [2.75, 3.05) is 44.4 Å². The van der Waals surface area contributed by atoms with Crippen LogP contribution in [0.25, 0.3) is 11.0 Å². The molecule has 0 radical (unpaired) electrons. The van der Waals surface area contributed by atoms with Crippen LogP contribution in [-0.4, -0.2) is 93.9 Å². The zero-order valence-corrected chi connectivity index (χ0v) is 27.3. The maximum Gasteiger partial charge on any atom is 0.332 e. The van der Waals surface area contributed by atoms with Gasteiger partial charge in [-0.2, -0.15) is 5.10 Å². The Morgan fingerprint density at radius 2 is 2.02 bits per heavy atom. The first-order valence-corrected chi connectivity index (χ1v) is 16.9. The second kappa shape index (κ2) is 13.8. The molecule has 1 unspecified atom stereocenters. The molecule has 13 nitrogen and oxygen atoms in total. The highest BCUT2D eigenvalue weighted by molar-refractivity contribution is 7.15. The lowest BCUT2D eigenvalue weighted by molar-refractivity contribution is -0.145. The largest absolute Gasteiger partial charge is 0.456 e. The number of benzene rings is 1. The first-order chi connectivity index (χ1) is 22.9. The molecule has 2 fully saturated rings. The Labute approximate surface area is 276 Å². The molecular formula is C33H39N9O4S. The predicted octanol–water partition coefficient (Wildman–Crippen LogP) is 4.13. The number of likely N-dealkylation sites (N-methyl/N-ethyl adjacent to an activating group) is 2. The van der Waals surface area contributed by atoms with E-state index in [0.717, 1.165) is 43.6 Å². The monoisotopic (exact) mass is 657 g/mol. The van der Waals surface area contributed by atoms with Gasteiger partial charge in [0, 0.05) is 73.5 Å². The molecule has 4 N–H and O–H groups in total. The number of ether oxygens (including phenoxy) is 2. The van der Waals surface area contributed by atoms with Gasteiger partial charge in [0.15, 0.2) is 22.8 Å². The zero-order valence-electron chi connectivity index (χ0n) is 26.5. The predicted molar refractivity (Wildman–Crippen MR) is 180 cm³/mol. The normalized spacial score (nSPS) is 20.0. The van der Waals surface area contributed by atoms with Crippen LogP contribution in [0, 0.1) is 0 Å². The average molecular weight is 658 g/mol. The molecule has 7 rings (SSSR count). The van der Waals surface area contributed by atoms with Crippen LogP contribution in [0.4, 0.5) is 10.9 Å². The van der Waals surface area contributed by atoms with E-state index in [9.17, 15) is 9.59 Å². The molecule has 2 aliphatic heterocycles. The Morgan fingerprint density at radius 3 is 2.81 bits per heavy atom. The van der Waals surface area contributed by atoms with Crippen molar-refractivity contribution in [3.8, 4) is 11.5 Å². The molecule has 5 heterocycles. The summed E-state index contributed by atoms with van der Waals surface area (Å²) in [5.74, 6) is 1.24. The first-order valence-electron chi connectivity index (χ1n) is 16.0. The molecule has 4 aromatic rings. The Hall–Kier alpha value is -4.37. The number of nitrogens with one attached hydrogen (secondary N) is 4. The minimum absolute atomic E-state index is 0.0642. The van der Waals surface area contributed by atoms with Gasteiger partial charge in [-0.25, -0.2) is 14.8 Å². The van der Waals surface area contributed by atoms with Gasteiger partial charge in [0.25, 0.3) is 5.91 Å². The van der Waals surface area contributed by atoms with Gasteiger partial charge in [-0.05, 0) is 64.0 Å². The Morgan fingerprint density at radius 1 is 1.17 bits per heavy atom. The number of esters is 1. The summed E-state index contributed by atoms with van der Waals surface area (Å²) in [5, 5.41) is 18.5. The number of pyridine rings is 1. The fraction of sp³-hybridized carbons (Fsp3) is 0.424. The number of anilines is 2. The number of rotatable bonds is 11. The number of thiazole rings is 1. The highest BCUT2D eigenvalue weighted by Gasteiger charge is 2.26. The van der Waals surface area contributed by atoms with Crippen LogP contribution in [0.1, 0.15) is 46.6 Å². The van der Waals surface area contributed by atoms with Crippen molar-refractivity contribution < 1.29 is 19.1 Å². The Kier molecular flexibility index (Phi) is 9.16. The number of H-pyrrole nitrogens is 1. The second-order valence-corrected chi connectivity index (χ2v) is 13.5. The molecule has 0 bridgehead atoms. The lowest BCUT2D eigenvalue weighted by Gasteiger charge is -2.30. The number of hydrogen-bond donors (Lipinski definition) is 4. The van der Waals surface area contributed by atoms with Crippen molar-refractivity contribution in [3.63, 3.8) is 0 Å². The minimum atomic E-state index is -0.332. The molecule has 14 heteroatoms. The number of carbonyl (C=O) groups excluding carboxylic acids is 2. The molecule has 1 saturated heterocycles. The fourth-order valence-corrected chi connectivity index (χ4v) is 6.83. The zero-order chi connectivity index (χ0) is 32.3. The highest BCUT2D eigenvalue weighted by Crippen LogP contribution is 2.34. The molecule has 1 aromatic carbocycles. The van der Waals surface area contributed by atoms with Crippen LogP contribution in [-0.2, 0) is 22.5 Å². The van der Waals surface area contributed by atoms with E-state index in [1.54, 1.807) is 47.9 Å². The molecular weight excluding hydrogens is 618 g/mol. The van der Waals surface area contributed by atoms with Crippen molar-refractivity contribution in [1.82, 2.24) is 35.3 Å². The van der Waals surface area contributed by atoms with Crippen molar-refractivity contribution in [2.45, 2.75) is 57.0 Å². The van der Waals surface area contributed by atoms with Crippen LogP contribution in [0.15, 0.2) is 48.7 Å². The van der Waals surface area contributed by atoms with E-state index in [1.807, 2.05) is 6.08 Å². The number of piperidine rings is 1. The van der Waals surface area contributed by atoms with Gasteiger partial charge in [-0.15, -0.1) is 11.3 Å². The minimum Gasteiger partial charge on any atom is -0.456 e. The van der Waals surface area contributed by atoms with Crippen LogP contribution >= 0.6 is 11.3 Å². The number of fused-ring (bicyclic) bond motifs is 2. The van der Waals surface area contributed by atoms with Gasteiger partial charge in [-0.1, -0.05) is 6.08 Å². The van der Waals surface area contributed by atoms with Gasteiger partial charge in [-0.3, -0.25) is 25.4 Å². The summed E-state index contributed by atoms with van der Waals surface area (Å²) in [6.07, 6.45) is 9.59. The summed E-state index contributed by atoms with van der Waals surface area (Å²) in [7, 11) is 4.15. The molecule has 1 aliphatic carbocycles. The number of aromatic amines is 1. The van der Waals surface area contributed by atoms with Crippen LogP contribution in [0.3, 0.4) is 0 Å². The summed E-state index contributed by atoms with van der Waals surface area (Å²) < 4.78 is 11.9. The Balaban J connectivity index is 0.931. The van der Waals surface area contributed by atoms with Crippen LogP contribution in [0.2, 0.25) is 0 Å². The maximum absolute atomic E-state index is 12.9. The summed E-state index contributed by atoms with van der Waals surface area (Å²) in [4.78, 5) is 40.0. The van der Waals surface area contributed by atoms with Gasteiger partial charge < -0.3 is 19.7 Å². The van der Waals surface area contributed by atoms with E-state index < -0.39 is 0 Å². The lowest BCUT2D eigenvalue weighted by Crippen LogP contribution is -2.46. The van der Waals surface area contributed by atoms with Crippen molar-refractivity contribution >= 4 is 45.2 Å². The van der Waals surface area contributed by atoms with Gasteiger partial charge in [0.2, 0.25) is 0 Å². The van der Waals surface area contributed by atoms with Crippen LogP contribution in [0.5, 0.6) is 11.5 Å². The first kappa shape index (κ1) is 31.2. The third kappa shape index (κ3) is 7.62. The fourth-order valence-electron chi connectivity index (χ4n) is 5.87. The summed E-state index contributed by atoms with van der Waals surface area (Å²) >= 11 is 1.55. The average Bonchev–Trinajstić information content (AvgIpc) is 3.73. The summed E-state index contributed by atoms with van der Waals surface area (Å²) in [6.45, 7) is 3.15. The van der Waals surface area contributed by atoms with Gasteiger partial charge in [0.1, 0.15) is 16.9 Å². The standard InChI is InChI=1S/C33H39N9O4S/c1-41-17-14-26-24(19-41)37-33(47-26)38-32(44)20-5-10-23(11-6-20)45-25-13-15-34-30-29(25)31(40-39-30)36-21-7-12-27(35-18-21)46-28(43)4-3-16-42(2)22-8-9-22/h3-6,10-11,13,15,21-22,27,35H,7-9,12,14,16-19H2,1-2H3,(H,37,38,44)(H2,34,36,39,40)/b4-3+/t21-,27?/m1/s1. The molecule has 0 spiro atoms. The maximum atomic E-state index is 12.9. The summed E-state index contributed by atoms with van der Waals surface area (Å²) in [6, 6.07) is 9.51. The third-order valence-electron chi connectivity index (χ3n) is 8.69. The van der Waals surface area contributed by atoms with E-state index in [4.69, 9.17) is 9.47 Å². The van der Waals surface area contributed by atoms with Gasteiger partial charge in [0.05, 0.1) is 5.69 Å². The quantitative estimate of drug-likeness (QED) is 0.136. The molecule has 1 amide bonds. The van der Waals surface area contributed by atoms with Gasteiger partial charge >= 0.3 is 5.97 Å². The third-order valence-corrected chi connectivity index (χ3v) is 9.77. The number of nitrogens with zero attached hydrogens (tertiary/aromatic N) is 5. The number of aromatic nitrogens is 4. The molecule has 3 aromatic heterocycles. The molecule has 1 saturated carbocycles. The van der Waals surface area contributed by atoms with E-state index in [-0.39, 0.29) is 24.1 Å². The van der Waals surface area contributed by atoms with Crippen molar-refractivity contribution in [1.29, 1.82) is 0 Å². The number of hydrogen-bond acceptors (Lipinski definition) is 12. The number of carbonyl (C=O) groups is 2. The summed E-state index contributed by atoms with van der Waals surface area (Å²) in [5.41, 5.74) is 2.15. The molecule has 47 heavy (non-hydrogen) atoms. The van der Waals surface area contributed by atoms with Crippen LogP contribution < -0.4 is 20.7 Å². The molecule has 3 aliphatic rings.